The van der Waals surface area contributed by atoms with Gasteiger partial charge in [-0.1, -0.05) is 13.8 Å². The number of carbonyl (C=O) groups is 1. The van der Waals surface area contributed by atoms with Crippen molar-refractivity contribution < 1.29 is 9.72 Å². The fourth-order valence-corrected chi connectivity index (χ4v) is 2.95. The second-order valence-corrected chi connectivity index (χ2v) is 6.90. The number of hydrogen-bond acceptors (Lipinski definition) is 5. The van der Waals surface area contributed by atoms with Gasteiger partial charge in [-0.05, 0) is 25.0 Å². The standard InChI is InChI=1S/C15H19N3O3S/c1-9(2)15(3,8-16)17-14(19)13-7-10-6-11(18(20)21)4-5-12(10)22-13/h4-7,9H,8,16H2,1-3H3,(H,17,19). The molecule has 0 fully saturated rings. The Morgan fingerprint density at radius 3 is 2.68 bits per heavy atom. The number of rotatable bonds is 5. The molecule has 1 heterocycles. The summed E-state index contributed by atoms with van der Waals surface area (Å²) < 4.78 is 0.842. The summed E-state index contributed by atoms with van der Waals surface area (Å²) in [6, 6.07) is 6.27. The molecule has 2 rings (SSSR count). The Bertz CT molecular complexity index is 726. The number of non-ortho nitro benzene ring substituents is 1. The maximum atomic E-state index is 12.4. The quantitative estimate of drug-likeness (QED) is 0.653. The van der Waals surface area contributed by atoms with Crippen molar-refractivity contribution in [2.75, 3.05) is 6.54 Å². The summed E-state index contributed by atoms with van der Waals surface area (Å²) in [5.74, 6) is -0.0116. The highest BCUT2D eigenvalue weighted by molar-refractivity contribution is 7.20. The third-order valence-corrected chi connectivity index (χ3v) is 5.15. The summed E-state index contributed by atoms with van der Waals surface area (Å²) in [4.78, 5) is 23.3. The average Bonchev–Trinajstić information content (AvgIpc) is 2.89. The number of fused-ring (bicyclic) bond motifs is 1. The second-order valence-electron chi connectivity index (χ2n) is 5.82. The molecule has 118 valence electrons. The van der Waals surface area contributed by atoms with Crippen molar-refractivity contribution in [3.05, 3.63) is 39.3 Å². The van der Waals surface area contributed by atoms with Crippen LogP contribution in [0.1, 0.15) is 30.4 Å². The Morgan fingerprint density at radius 1 is 1.45 bits per heavy atom. The molecular formula is C15H19N3O3S. The van der Waals surface area contributed by atoms with E-state index in [1.807, 2.05) is 20.8 Å². The lowest BCUT2D eigenvalue weighted by molar-refractivity contribution is -0.384. The monoisotopic (exact) mass is 321 g/mol. The highest BCUT2D eigenvalue weighted by Crippen LogP contribution is 2.29. The Kier molecular flexibility index (Phi) is 4.48. The molecule has 1 aromatic heterocycles. The van der Waals surface area contributed by atoms with Crippen molar-refractivity contribution in [3.63, 3.8) is 0 Å². The van der Waals surface area contributed by atoms with Crippen LogP contribution in [0.15, 0.2) is 24.3 Å². The van der Waals surface area contributed by atoms with Crippen molar-refractivity contribution in [2.24, 2.45) is 11.7 Å². The molecule has 0 spiro atoms. The average molecular weight is 321 g/mol. The lowest BCUT2D eigenvalue weighted by atomic mass is 9.88. The molecule has 6 nitrogen and oxygen atoms in total. The van der Waals surface area contributed by atoms with Gasteiger partial charge in [-0.3, -0.25) is 14.9 Å². The fourth-order valence-electron chi connectivity index (χ4n) is 2.01. The Morgan fingerprint density at radius 2 is 2.14 bits per heavy atom. The van der Waals surface area contributed by atoms with Gasteiger partial charge in [-0.2, -0.15) is 0 Å². The minimum Gasteiger partial charge on any atom is -0.345 e. The third-order valence-electron chi connectivity index (χ3n) is 4.03. The van der Waals surface area contributed by atoms with Gasteiger partial charge in [-0.15, -0.1) is 11.3 Å². The highest BCUT2D eigenvalue weighted by Gasteiger charge is 2.29. The number of nitrogens with one attached hydrogen (secondary N) is 1. The number of nitrogens with two attached hydrogens (primary N) is 1. The zero-order valence-electron chi connectivity index (χ0n) is 12.8. The maximum absolute atomic E-state index is 12.4. The molecule has 0 aliphatic heterocycles. The van der Waals surface area contributed by atoms with Crippen LogP contribution in [0.4, 0.5) is 5.69 Å². The van der Waals surface area contributed by atoms with Gasteiger partial charge in [-0.25, -0.2) is 0 Å². The summed E-state index contributed by atoms with van der Waals surface area (Å²) in [6.07, 6.45) is 0. The van der Waals surface area contributed by atoms with Crippen LogP contribution in [-0.4, -0.2) is 22.9 Å². The molecule has 0 aliphatic carbocycles. The smallest absolute Gasteiger partial charge is 0.270 e. The van der Waals surface area contributed by atoms with Crippen LogP contribution >= 0.6 is 11.3 Å². The van der Waals surface area contributed by atoms with E-state index in [9.17, 15) is 14.9 Å². The van der Waals surface area contributed by atoms with Crippen molar-refractivity contribution in [1.82, 2.24) is 5.32 Å². The first kappa shape index (κ1) is 16.4. The van der Waals surface area contributed by atoms with Gasteiger partial charge in [0.25, 0.3) is 11.6 Å². The van der Waals surface area contributed by atoms with Crippen LogP contribution in [0.25, 0.3) is 10.1 Å². The molecule has 2 aromatic rings. The third kappa shape index (κ3) is 3.10. The first-order chi connectivity index (χ1) is 10.3. The lowest BCUT2D eigenvalue weighted by Gasteiger charge is -2.33. The Balaban J connectivity index is 2.31. The van der Waals surface area contributed by atoms with Crippen LogP contribution < -0.4 is 11.1 Å². The summed E-state index contributed by atoms with van der Waals surface area (Å²) in [6.45, 7) is 6.25. The second kappa shape index (κ2) is 6.02. The van der Waals surface area contributed by atoms with Gasteiger partial charge in [0.2, 0.25) is 0 Å². The largest absolute Gasteiger partial charge is 0.345 e. The van der Waals surface area contributed by atoms with E-state index < -0.39 is 10.5 Å². The van der Waals surface area contributed by atoms with E-state index in [1.54, 1.807) is 12.1 Å². The molecule has 1 atom stereocenters. The van der Waals surface area contributed by atoms with Crippen molar-refractivity contribution in [3.8, 4) is 0 Å². The summed E-state index contributed by atoms with van der Waals surface area (Å²) >= 11 is 1.31. The van der Waals surface area contributed by atoms with Crippen LogP contribution in [-0.2, 0) is 0 Å². The summed E-state index contributed by atoms with van der Waals surface area (Å²) in [5.41, 5.74) is 5.31. The number of benzene rings is 1. The van der Waals surface area contributed by atoms with E-state index in [2.05, 4.69) is 5.32 Å². The molecule has 0 bridgehead atoms. The Hall–Kier alpha value is -1.99. The minimum atomic E-state index is -0.487. The van der Waals surface area contributed by atoms with E-state index in [-0.39, 0.29) is 17.5 Å². The van der Waals surface area contributed by atoms with Gasteiger partial charge in [0.15, 0.2) is 0 Å². The van der Waals surface area contributed by atoms with Crippen molar-refractivity contribution >= 4 is 33.0 Å². The highest BCUT2D eigenvalue weighted by atomic mass is 32.1. The number of thiophene rings is 1. The molecule has 0 saturated carbocycles. The van der Waals surface area contributed by atoms with Gasteiger partial charge in [0.05, 0.1) is 15.3 Å². The fraction of sp³-hybridized carbons (Fsp3) is 0.400. The maximum Gasteiger partial charge on any atom is 0.270 e. The summed E-state index contributed by atoms with van der Waals surface area (Å²) in [5, 5.41) is 14.5. The zero-order valence-corrected chi connectivity index (χ0v) is 13.6. The normalized spacial score (nSPS) is 14.0. The molecule has 0 aliphatic rings. The first-order valence-corrected chi connectivity index (χ1v) is 7.79. The van der Waals surface area contributed by atoms with Gasteiger partial charge >= 0.3 is 0 Å². The molecular weight excluding hydrogens is 302 g/mol. The predicted octanol–water partition coefficient (Wildman–Crippen LogP) is 2.91. The summed E-state index contributed by atoms with van der Waals surface area (Å²) in [7, 11) is 0. The SMILES string of the molecule is CC(C)C(C)(CN)NC(=O)c1cc2cc([N+](=O)[O-])ccc2s1. The first-order valence-electron chi connectivity index (χ1n) is 6.97. The molecule has 1 amide bonds. The molecule has 3 N–H and O–H groups in total. The van der Waals surface area contributed by atoms with E-state index in [0.717, 1.165) is 4.70 Å². The van der Waals surface area contributed by atoms with Crippen molar-refractivity contribution in [2.45, 2.75) is 26.3 Å². The van der Waals surface area contributed by atoms with Gasteiger partial charge in [0, 0.05) is 28.8 Å². The number of nitrogens with zero attached hydrogens (tertiary/aromatic N) is 1. The van der Waals surface area contributed by atoms with Gasteiger partial charge in [0.1, 0.15) is 0 Å². The number of amides is 1. The van der Waals surface area contributed by atoms with Crippen LogP contribution in [0.2, 0.25) is 0 Å². The van der Waals surface area contributed by atoms with Crippen LogP contribution in [0.3, 0.4) is 0 Å². The molecule has 0 radical (unpaired) electrons. The molecule has 0 saturated heterocycles. The number of nitro benzene ring substituents is 1. The van der Waals surface area contributed by atoms with E-state index in [1.165, 1.54) is 23.5 Å². The molecule has 1 aromatic carbocycles. The molecule has 22 heavy (non-hydrogen) atoms. The topological polar surface area (TPSA) is 98.3 Å². The number of nitro groups is 1. The minimum absolute atomic E-state index is 0.0197. The van der Waals surface area contributed by atoms with Crippen molar-refractivity contribution in [1.29, 1.82) is 0 Å². The van der Waals surface area contributed by atoms with E-state index in [4.69, 9.17) is 5.73 Å². The van der Waals surface area contributed by atoms with E-state index in [0.29, 0.717) is 16.8 Å². The zero-order chi connectivity index (χ0) is 16.5. The van der Waals surface area contributed by atoms with Crippen LogP contribution in [0, 0.1) is 16.0 Å². The number of hydrogen-bond donors (Lipinski definition) is 2. The van der Waals surface area contributed by atoms with Gasteiger partial charge < -0.3 is 11.1 Å². The van der Waals surface area contributed by atoms with E-state index >= 15 is 0 Å². The number of carbonyl (C=O) groups excluding carboxylic acids is 1. The Labute approximate surface area is 132 Å². The predicted molar refractivity (Wildman–Crippen MR) is 88.2 cm³/mol. The van der Waals surface area contributed by atoms with Crippen LogP contribution in [0.5, 0.6) is 0 Å². The molecule has 7 heteroatoms. The lowest BCUT2D eigenvalue weighted by Crippen LogP contribution is -2.54. The molecule has 1 unspecified atom stereocenters.